The van der Waals surface area contributed by atoms with E-state index in [0.29, 0.717) is 12.2 Å². The quantitative estimate of drug-likeness (QED) is 0.677. The van der Waals surface area contributed by atoms with Gasteiger partial charge in [0.2, 0.25) is 11.8 Å². The zero-order valence-corrected chi connectivity index (χ0v) is 13.9. The zero-order valence-electron chi connectivity index (χ0n) is 13.1. The summed E-state index contributed by atoms with van der Waals surface area (Å²) >= 11 is 5.96. The number of amides is 2. The lowest BCUT2D eigenvalue weighted by atomic mass is 10.1. The van der Waals surface area contributed by atoms with E-state index < -0.39 is 10.8 Å². The standard InChI is InChI=1S/C15H18ClN3O4/c1-15(2,3)18-8-9(6-13(18)20)14(21)17-12-5-4-10(19(22)23)7-11(12)16/h4-5,7,9H,6,8H2,1-3H3,(H,17,21). The number of benzene rings is 1. The highest BCUT2D eigenvalue weighted by atomic mass is 35.5. The van der Waals surface area contributed by atoms with Crippen molar-refractivity contribution in [3.8, 4) is 0 Å². The number of carbonyl (C=O) groups excluding carboxylic acids is 2. The maximum absolute atomic E-state index is 12.3. The molecule has 1 N–H and O–H groups in total. The van der Waals surface area contributed by atoms with Gasteiger partial charge in [-0.05, 0) is 26.8 Å². The lowest BCUT2D eigenvalue weighted by Gasteiger charge is -2.31. The normalized spacial score (nSPS) is 18.2. The van der Waals surface area contributed by atoms with Gasteiger partial charge in [0.25, 0.3) is 5.69 Å². The van der Waals surface area contributed by atoms with Gasteiger partial charge < -0.3 is 10.2 Å². The smallest absolute Gasteiger partial charge is 0.271 e. The molecule has 0 saturated carbocycles. The first-order valence-electron chi connectivity index (χ1n) is 7.15. The van der Waals surface area contributed by atoms with Gasteiger partial charge in [-0.3, -0.25) is 19.7 Å². The number of anilines is 1. The molecule has 8 heteroatoms. The Bertz CT molecular complexity index is 669. The molecule has 1 aromatic carbocycles. The largest absolute Gasteiger partial charge is 0.337 e. The number of likely N-dealkylation sites (tertiary alicyclic amines) is 1. The number of nitro benzene ring substituents is 1. The fourth-order valence-corrected chi connectivity index (χ4v) is 2.71. The van der Waals surface area contributed by atoms with Crippen LogP contribution in [0.15, 0.2) is 18.2 Å². The van der Waals surface area contributed by atoms with Crippen LogP contribution in [0.3, 0.4) is 0 Å². The molecule has 7 nitrogen and oxygen atoms in total. The Kier molecular flexibility index (Phi) is 4.61. The van der Waals surface area contributed by atoms with Gasteiger partial charge in [0.1, 0.15) is 0 Å². The Balaban J connectivity index is 2.09. The third-order valence-corrected chi connectivity index (χ3v) is 4.04. The van der Waals surface area contributed by atoms with Gasteiger partial charge in [-0.15, -0.1) is 0 Å². The summed E-state index contributed by atoms with van der Waals surface area (Å²) in [4.78, 5) is 36.1. The Morgan fingerprint density at radius 2 is 2.09 bits per heavy atom. The lowest BCUT2D eigenvalue weighted by molar-refractivity contribution is -0.384. The summed E-state index contributed by atoms with van der Waals surface area (Å²) in [6, 6.07) is 3.83. The molecule has 0 spiro atoms. The van der Waals surface area contributed by atoms with Crippen molar-refractivity contribution >= 4 is 34.8 Å². The molecule has 0 aromatic heterocycles. The maximum Gasteiger partial charge on any atom is 0.271 e. The van der Waals surface area contributed by atoms with Crippen LogP contribution in [0.2, 0.25) is 5.02 Å². The van der Waals surface area contributed by atoms with Crippen molar-refractivity contribution in [2.45, 2.75) is 32.7 Å². The van der Waals surface area contributed by atoms with Crippen LogP contribution in [0.4, 0.5) is 11.4 Å². The third kappa shape index (κ3) is 3.79. The van der Waals surface area contributed by atoms with E-state index in [9.17, 15) is 19.7 Å². The molecular weight excluding hydrogens is 322 g/mol. The van der Waals surface area contributed by atoms with Crippen molar-refractivity contribution in [3.05, 3.63) is 33.3 Å². The van der Waals surface area contributed by atoms with E-state index in [0.717, 1.165) is 0 Å². The van der Waals surface area contributed by atoms with E-state index in [4.69, 9.17) is 11.6 Å². The van der Waals surface area contributed by atoms with Gasteiger partial charge in [-0.2, -0.15) is 0 Å². The molecule has 1 aromatic rings. The van der Waals surface area contributed by atoms with E-state index in [1.54, 1.807) is 4.90 Å². The van der Waals surface area contributed by atoms with Crippen molar-refractivity contribution in [3.63, 3.8) is 0 Å². The van der Waals surface area contributed by atoms with Crippen LogP contribution >= 0.6 is 11.6 Å². The molecule has 1 heterocycles. The number of nitrogens with zero attached hydrogens (tertiary/aromatic N) is 2. The molecule has 1 saturated heterocycles. The first-order chi connectivity index (χ1) is 10.6. The Labute approximate surface area is 138 Å². The first-order valence-corrected chi connectivity index (χ1v) is 7.52. The first kappa shape index (κ1) is 17.2. The molecule has 0 aliphatic carbocycles. The van der Waals surface area contributed by atoms with Crippen molar-refractivity contribution in [2.24, 2.45) is 5.92 Å². The Morgan fingerprint density at radius 3 is 2.57 bits per heavy atom. The van der Waals surface area contributed by atoms with Crippen molar-refractivity contribution < 1.29 is 14.5 Å². The van der Waals surface area contributed by atoms with Gasteiger partial charge in [0.15, 0.2) is 0 Å². The summed E-state index contributed by atoms with van der Waals surface area (Å²) in [5.74, 6) is -0.846. The van der Waals surface area contributed by atoms with Gasteiger partial charge in [-0.25, -0.2) is 0 Å². The monoisotopic (exact) mass is 339 g/mol. The minimum Gasteiger partial charge on any atom is -0.337 e. The number of carbonyl (C=O) groups is 2. The van der Waals surface area contributed by atoms with Gasteiger partial charge in [0.05, 0.1) is 21.6 Å². The SMILES string of the molecule is CC(C)(C)N1CC(C(=O)Nc2ccc([N+](=O)[O-])cc2Cl)CC1=O. The Hall–Kier alpha value is -2.15. The van der Waals surface area contributed by atoms with Crippen LogP contribution in [0.25, 0.3) is 0 Å². The molecule has 1 fully saturated rings. The molecule has 1 aliphatic heterocycles. The van der Waals surface area contributed by atoms with Crippen molar-refractivity contribution in [2.75, 3.05) is 11.9 Å². The van der Waals surface area contributed by atoms with Gasteiger partial charge in [0, 0.05) is 30.6 Å². The molecular formula is C15H18ClN3O4. The van der Waals surface area contributed by atoms with E-state index in [2.05, 4.69) is 5.32 Å². The summed E-state index contributed by atoms with van der Waals surface area (Å²) in [6.07, 6.45) is 0.147. The third-order valence-electron chi connectivity index (χ3n) is 3.73. The zero-order chi connectivity index (χ0) is 17.4. The van der Waals surface area contributed by atoms with E-state index in [1.165, 1.54) is 18.2 Å². The van der Waals surface area contributed by atoms with Crippen LogP contribution in [0, 0.1) is 16.0 Å². The number of non-ortho nitro benzene ring substituents is 1. The van der Waals surface area contributed by atoms with Crippen LogP contribution < -0.4 is 5.32 Å². The average molecular weight is 340 g/mol. The van der Waals surface area contributed by atoms with E-state index in [-0.39, 0.29) is 34.5 Å². The fraction of sp³-hybridized carbons (Fsp3) is 0.467. The molecule has 1 unspecified atom stereocenters. The highest BCUT2D eigenvalue weighted by Gasteiger charge is 2.39. The molecule has 1 aliphatic rings. The van der Waals surface area contributed by atoms with Crippen LogP contribution in [0.5, 0.6) is 0 Å². The molecule has 2 rings (SSSR count). The van der Waals surface area contributed by atoms with Crippen LogP contribution in [-0.4, -0.2) is 33.7 Å². The number of rotatable bonds is 3. The number of hydrogen-bond donors (Lipinski definition) is 1. The minimum absolute atomic E-state index is 0.0625. The summed E-state index contributed by atoms with van der Waals surface area (Å²) in [5.41, 5.74) is -0.191. The second kappa shape index (κ2) is 6.16. The highest BCUT2D eigenvalue weighted by Crippen LogP contribution is 2.30. The molecule has 0 bridgehead atoms. The number of nitrogens with one attached hydrogen (secondary N) is 1. The predicted molar refractivity (Wildman–Crippen MR) is 86.3 cm³/mol. The minimum atomic E-state index is -0.561. The topological polar surface area (TPSA) is 92.6 Å². The number of nitro groups is 1. The molecule has 1 atom stereocenters. The summed E-state index contributed by atoms with van der Waals surface area (Å²) < 4.78 is 0. The van der Waals surface area contributed by atoms with E-state index >= 15 is 0 Å². The lowest BCUT2D eigenvalue weighted by Crippen LogP contribution is -2.42. The summed E-state index contributed by atoms with van der Waals surface area (Å²) in [5, 5.41) is 13.4. The molecule has 124 valence electrons. The van der Waals surface area contributed by atoms with Crippen molar-refractivity contribution in [1.82, 2.24) is 4.90 Å². The van der Waals surface area contributed by atoms with Crippen LogP contribution in [-0.2, 0) is 9.59 Å². The highest BCUT2D eigenvalue weighted by molar-refractivity contribution is 6.34. The fourth-order valence-electron chi connectivity index (χ4n) is 2.49. The van der Waals surface area contributed by atoms with E-state index in [1.807, 2.05) is 20.8 Å². The maximum atomic E-state index is 12.3. The molecule has 2 amide bonds. The predicted octanol–water partition coefficient (Wildman–Crippen LogP) is 2.83. The average Bonchev–Trinajstić information content (AvgIpc) is 2.83. The summed E-state index contributed by atoms with van der Waals surface area (Å²) in [6.45, 7) is 6.09. The molecule has 0 radical (unpaired) electrons. The van der Waals surface area contributed by atoms with Crippen molar-refractivity contribution in [1.29, 1.82) is 0 Å². The van der Waals surface area contributed by atoms with Gasteiger partial charge >= 0.3 is 0 Å². The second-order valence-electron chi connectivity index (χ2n) is 6.49. The van der Waals surface area contributed by atoms with Gasteiger partial charge in [-0.1, -0.05) is 11.6 Å². The Morgan fingerprint density at radius 1 is 1.43 bits per heavy atom. The number of halogens is 1. The number of hydrogen-bond acceptors (Lipinski definition) is 4. The second-order valence-corrected chi connectivity index (χ2v) is 6.89. The molecule has 23 heavy (non-hydrogen) atoms. The summed E-state index contributed by atoms with van der Waals surface area (Å²) in [7, 11) is 0. The van der Waals surface area contributed by atoms with Crippen LogP contribution in [0.1, 0.15) is 27.2 Å².